The topological polar surface area (TPSA) is 77.8 Å². The van der Waals surface area contributed by atoms with Gasteiger partial charge in [0.2, 0.25) is 5.91 Å². The number of aliphatic hydroxyl groups is 1. The molecule has 2 N–H and O–H groups in total. The van der Waals surface area contributed by atoms with Gasteiger partial charge < -0.3 is 15.1 Å². The SMILES string of the molecule is O=C(O)CCCCCCN1C(=O)CC[C@@H]1/C=C/[C@@H](O)Cc1cccc2ccccc12. The summed E-state index contributed by atoms with van der Waals surface area (Å²) in [6, 6.07) is 14.4. The maximum atomic E-state index is 12.2. The van der Waals surface area contributed by atoms with Crippen molar-refractivity contribution in [1.82, 2.24) is 4.90 Å². The van der Waals surface area contributed by atoms with Crippen LogP contribution in [0.1, 0.15) is 50.5 Å². The average Bonchev–Trinajstić information content (AvgIpc) is 3.08. The lowest BCUT2D eigenvalue weighted by atomic mass is 9.99. The zero-order chi connectivity index (χ0) is 21.3. The second kappa shape index (κ2) is 10.9. The number of carbonyl (C=O) groups excluding carboxylic acids is 1. The van der Waals surface area contributed by atoms with Gasteiger partial charge in [-0.1, -0.05) is 67.5 Å². The van der Waals surface area contributed by atoms with Crippen LogP contribution in [0.25, 0.3) is 10.8 Å². The molecule has 5 heteroatoms. The maximum Gasteiger partial charge on any atom is 0.303 e. The van der Waals surface area contributed by atoms with Gasteiger partial charge in [0.15, 0.2) is 0 Å². The van der Waals surface area contributed by atoms with E-state index in [1.54, 1.807) is 0 Å². The van der Waals surface area contributed by atoms with Crippen LogP contribution in [0.2, 0.25) is 0 Å². The standard InChI is InChI=1S/C25H31NO4/c27-22(18-20-10-7-9-19-8-4-5-11-23(19)20)15-13-21-14-16-24(28)26(21)17-6-2-1-3-12-25(29)30/h4-5,7-11,13,15,21-22,27H,1-3,6,12,14,16-18H2,(H,29,30)/b15-13+/t21-,22+/m0/s1. The van der Waals surface area contributed by atoms with Gasteiger partial charge in [0.05, 0.1) is 12.1 Å². The van der Waals surface area contributed by atoms with Crippen molar-refractivity contribution in [3.8, 4) is 0 Å². The summed E-state index contributed by atoms with van der Waals surface area (Å²) in [7, 11) is 0. The van der Waals surface area contributed by atoms with Crippen LogP contribution >= 0.6 is 0 Å². The Morgan fingerprint density at radius 1 is 1.10 bits per heavy atom. The molecule has 2 atom stereocenters. The molecular weight excluding hydrogens is 378 g/mol. The lowest BCUT2D eigenvalue weighted by molar-refractivity contribution is -0.137. The molecule has 30 heavy (non-hydrogen) atoms. The number of rotatable bonds is 11. The van der Waals surface area contributed by atoms with E-state index in [0.29, 0.717) is 25.8 Å². The summed E-state index contributed by atoms with van der Waals surface area (Å²) in [5.74, 6) is -0.587. The van der Waals surface area contributed by atoms with E-state index in [0.717, 1.165) is 36.6 Å². The summed E-state index contributed by atoms with van der Waals surface area (Å²) in [4.78, 5) is 24.7. The normalized spacial score (nSPS) is 17.8. The summed E-state index contributed by atoms with van der Waals surface area (Å²) in [5.41, 5.74) is 1.12. The number of aliphatic carboxylic acids is 1. The fraction of sp³-hybridized carbons (Fsp3) is 0.440. The third-order valence-corrected chi connectivity index (χ3v) is 5.78. The molecule has 0 radical (unpaired) electrons. The molecule has 3 rings (SSSR count). The van der Waals surface area contributed by atoms with E-state index < -0.39 is 12.1 Å². The molecule has 0 aliphatic carbocycles. The molecule has 1 amide bonds. The van der Waals surface area contributed by atoms with E-state index in [4.69, 9.17) is 5.11 Å². The van der Waals surface area contributed by atoms with E-state index in [1.165, 1.54) is 5.39 Å². The van der Waals surface area contributed by atoms with Gasteiger partial charge in [-0.15, -0.1) is 0 Å². The van der Waals surface area contributed by atoms with Crippen molar-refractivity contribution in [2.24, 2.45) is 0 Å². The molecule has 0 saturated carbocycles. The lowest BCUT2D eigenvalue weighted by Crippen LogP contribution is -2.32. The predicted octanol–water partition coefficient (Wildman–Crippen LogP) is 4.33. The van der Waals surface area contributed by atoms with Gasteiger partial charge in [-0.05, 0) is 35.6 Å². The van der Waals surface area contributed by atoms with Crippen LogP contribution in [0, 0.1) is 0 Å². The van der Waals surface area contributed by atoms with Crippen LogP contribution in [0.3, 0.4) is 0 Å². The third kappa shape index (κ3) is 6.17. The van der Waals surface area contributed by atoms with Crippen molar-refractivity contribution in [2.75, 3.05) is 6.54 Å². The molecule has 2 aromatic carbocycles. The number of hydrogen-bond acceptors (Lipinski definition) is 3. The smallest absolute Gasteiger partial charge is 0.303 e. The Bertz CT molecular complexity index is 886. The molecule has 1 fully saturated rings. The lowest BCUT2D eigenvalue weighted by Gasteiger charge is -2.22. The summed E-state index contributed by atoms with van der Waals surface area (Å²) < 4.78 is 0. The van der Waals surface area contributed by atoms with Crippen molar-refractivity contribution in [2.45, 2.75) is 63.5 Å². The number of aliphatic hydroxyl groups excluding tert-OH is 1. The first kappa shape index (κ1) is 22.0. The minimum absolute atomic E-state index is 0.0405. The Kier molecular flexibility index (Phi) is 8.03. The number of carboxylic acids is 1. The van der Waals surface area contributed by atoms with E-state index >= 15 is 0 Å². The molecule has 0 unspecified atom stereocenters. The molecule has 1 saturated heterocycles. The molecule has 1 aliphatic rings. The molecule has 1 heterocycles. The summed E-state index contributed by atoms with van der Waals surface area (Å²) >= 11 is 0. The first-order valence-electron chi connectivity index (χ1n) is 10.9. The summed E-state index contributed by atoms with van der Waals surface area (Å²) in [6.07, 6.45) is 8.67. The van der Waals surface area contributed by atoms with Gasteiger partial charge in [-0.2, -0.15) is 0 Å². The number of likely N-dealkylation sites (tertiary alicyclic amines) is 1. The molecule has 1 aliphatic heterocycles. The number of carboxylic acid groups (broad SMARTS) is 1. The second-order valence-electron chi connectivity index (χ2n) is 8.05. The molecular formula is C25H31NO4. The number of carbonyl (C=O) groups is 2. The van der Waals surface area contributed by atoms with Crippen LogP contribution < -0.4 is 0 Å². The number of benzene rings is 2. The maximum absolute atomic E-state index is 12.2. The first-order valence-corrected chi connectivity index (χ1v) is 10.9. The molecule has 2 aromatic rings. The largest absolute Gasteiger partial charge is 0.481 e. The van der Waals surface area contributed by atoms with Crippen LogP contribution in [-0.2, 0) is 16.0 Å². The fourth-order valence-electron chi connectivity index (χ4n) is 4.18. The van der Waals surface area contributed by atoms with Gasteiger partial charge in [0.25, 0.3) is 0 Å². The summed E-state index contributed by atoms with van der Waals surface area (Å²) in [5, 5.41) is 21.6. The minimum atomic E-state index is -0.753. The van der Waals surface area contributed by atoms with E-state index in [-0.39, 0.29) is 18.4 Å². The Labute approximate surface area is 178 Å². The first-order chi connectivity index (χ1) is 14.5. The number of nitrogens with zero attached hydrogens (tertiary/aromatic N) is 1. The van der Waals surface area contributed by atoms with E-state index in [2.05, 4.69) is 24.3 Å². The van der Waals surface area contributed by atoms with Crippen LogP contribution in [0.15, 0.2) is 54.6 Å². The molecule has 160 valence electrons. The Hall–Kier alpha value is -2.66. The number of unbranched alkanes of at least 4 members (excludes halogenated alkanes) is 3. The zero-order valence-electron chi connectivity index (χ0n) is 17.4. The van der Waals surface area contributed by atoms with Crippen LogP contribution in [0.5, 0.6) is 0 Å². The van der Waals surface area contributed by atoms with Crippen molar-refractivity contribution in [1.29, 1.82) is 0 Å². The average molecular weight is 410 g/mol. The highest BCUT2D eigenvalue weighted by atomic mass is 16.4. The Morgan fingerprint density at radius 2 is 1.87 bits per heavy atom. The highest BCUT2D eigenvalue weighted by Gasteiger charge is 2.28. The van der Waals surface area contributed by atoms with Gasteiger partial charge in [0.1, 0.15) is 0 Å². The van der Waals surface area contributed by atoms with Gasteiger partial charge in [0, 0.05) is 25.8 Å². The molecule has 0 bridgehead atoms. The third-order valence-electron chi connectivity index (χ3n) is 5.78. The molecule has 0 spiro atoms. The van der Waals surface area contributed by atoms with Gasteiger partial charge >= 0.3 is 5.97 Å². The number of amides is 1. The number of fused-ring (bicyclic) bond motifs is 1. The number of hydrogen-bond donors (Lipinski definition) is 2. The van der Waals surface area contributed by atoms with E-state index in [1.807, 2.05) is 35.3 Å². The molecule has 5 nitrogen and oxygen atoms in total. The highest BCUT2D eigenvalue weighted by Crippen LogP contribution is 2.23. The van der Waals surface area contributed by atoms with Crippen molar-refractivity contribution in [3.63, 3.8) is 0 Å². The quantitative estimate of drug-likeness (QED) is 0.428. The molecule has 0 aromatic heterocycles. The zero-order valence-corrected chi connectivity index (χ0v) is 17.4. The second-order valence-corrected chi connectivity index (χ2v) is 8.05. The van der Waals surface area contributed by atoms with Crippen molar-refractivity contribution >= 4 is 22.6 Å². The Morgan fingerprint density at radius 3 is 2.70 bits per heavy atom. The van der Waals surface area contributed by atoms with E-state index in [9.17, 15) is 14.7 Å². The Balaban J connectivity index is 1.50. The van der Waals surface area contributed by atoms with Gasteiger partial charge in [-0.3, -0.25) is 9.59 Å². The van der Waals surface area contributed by atoms with Crippen LogP contribution in [0.4, 0.5) is 0 Å². The van der Waals surface area contributed by atoms with Crippen molar-refractivity contribution in [3.05, 3.63) is 60.2 Å². The summed E-state index contributed by atoms with van der Waals surface area (Å²) in [6.45, 7) is 0.695. The monoisotopic (exact) mass is 409 g/mol. The van der Waals surface area contributed by atoms with Crippen molar-refractivity contribution < 1.29 is 19.8 Å². The van der Waals surface area contributed by atoms with Gasteiger partial charge in [-0.25, -0.2) is 0 Å². The predicted molar refractivity (Wildman–Crippen MR) is 118 cm³/mol. The van der Waals surface area contributed by atoms with Crippen LogP contribution in [-0.4, -0.2) is 45.7 Å². The minimum Gasteiger partial charge on any atom is -0.481 e. The highest BCUT2D eigenvalue weighted by molar-refractivity contribution is 5.85. The fourth-order valence-corrected chi connectivity index (χ4v) is 4.18.